The molecule has 0 amide bonds. The zero-order chi connectivity index (χ0) is 3.54. The average molecular weight is 108 g/mol. The third-order valence-corrected chi connectivity index (χ3v) is 2.54. The van der Waals surface area contributed by atoms with E-state index >= 15 is 0 Å². The highest BCUT2D eigenvalue weighted by Gasteiger charge is 1.95. The summed E-state index contributed by atoms with van der Waals surface area (Å²) in [4.78, 5) is 0. The van der Waals surface area contributed by atoms with E-state index in [9.17, 15) is 0 Å². The van der Waals surface area contributed by atoms with E-state index in [4.69, 9.17) is 4.52 Å². The molecule has 1 aliphatic heterocycles. The molecule has 30 valence electrons. The van der Waals surface area contributed by atoms with Crippen molar-refractivity contribution in [2.45, 2.75) is 0 Å². The Labute approximate surface area is 37.1 Å². The van der Waals surface area contributed by atoms with Gasteiger partial charge in [-0.05, 0) is 0 Å². The third kappa shape index (κ3) is 1.08. The van der Waals surface area contributed by atoms with E-state index < -0.39 is 0 Å². The number of hydrogen-bond acceptors (Lipinski definition) is 2. The molecule has 0 aromatic carbocycles. The normalized spacial score (nSPS) is 28.8. The van der Waals surface area contributed by atoms with Crippen molar-refractivity contribution in [2.24, 2.45) is 0 Å². The van der Waals surface area contributed by atoms with E-state index in [2.05, 4.69) is 0 Å². The van der Waals surface area contributed by atoms with Gasteiger partial charge in [0.25, 0.3) is 0 Å². The Kier molecular flexibility index (Phi) is 1.58. The second-order valence-electron chi connectivity index (χ2n) is 0.780. The monoisotopic (exact) mass is 108 g/mol. The van der Waals surface area contributed by atoms with Crippen LogP contribution in [-0.2, 0) is 4.52 Å². The second kappa shape index (κ2) is 2.01. The van der Waals surface area contributed by atoms with Crippen molar-refractivity contribution in [1.82, 2.24) is 0 Å². The van der Waals surface area contributed by atoms with Crippen LogP contribution in [0, 0.1) is 0 Å². The van der Waals surface area contributed by atoms with Crippen LogP contribution >= 0.6 is 19.4 Å². The van der Waals surface area contributed by atoms with Crippen molar-refractivity contribution in [1.29, 1.82) is 0 Å². The molecule has 0 bridgehead atoms. The highest BCUT2D eigenvalue weighted by Crippen LogP contribution is 2.35. The molecule has 0 aromatic heterocycles. The van der Waals surface area contributed by atoms with Gasteiger partial charge in [0.2, 0.25) is 0 Å². The molecule has 0 saturated carbocycles. The molecule has 1 heterocycles. The van der Waals surface area contributed by atoms with Crippen molar-refractivity contribution in [3.63, 3.8) is 0 Å². The lowest BCUT2D eigenvalue weighted by atomic mass is 10.9. The summed E-state index contributed by atoms with van der Waals surface area (Å²) in [6, 6.07) is 0. The first-order chi connectivity index (χ1) is 2.50. The average Bonchev–Trinajstić information content (AvgIpc) is 1.76. The molecule has 0 aliphatic carbocycles. The first kappa shape index (κ1) is 3.91. The number of rotatable bonds is 0. The predicted octanol–water partition coefficient (Wildman–Crippen LogP) is 1.26. The maximum absolute atomic E-state index is 4.94. The van der Waals surface area contributed by atoms with Gasteiger partial charge in [-0.15, -0.1) is 11.4 Å². The highest BCUT2D eigenvalue weighted by molar-refractivity contribution is 8.48. The first-order valence-corrected chi connectivity index (χ1v) is 4.10. The highest BCUT2D eigenvalue weighted by atomic mass is 32.7. The lowest BCUT2D eigenvalue weighted by Crippen LogP contribution is -1.74. The molecule has 1 fully saturated rings. The first-order valence-electron chi connectivity index (χ1n) is 1.49. The van der Waals surface area contributed by atoms with Crippen LogP contribution in [0.1, 0.15) is 0 Å². The van der Waals surface area contributed by atoms with Crippen LogP contribution in [0.5, 0.6) is 0 Å². The van der Waals surface area contributed by atoms with E-state index in [1.54, 1.807) is 0 Å². The van der Waals surface area contributed by atoms with Crippen LogP contribution in [0.2, 0.25) is 0 Å². The Hall–Kier alpha value is 0.740. The summed E-state index contributed by atoms with van der Waals surface area (Å²) < 4.78 is 4.94. The van der Waals surface area contributed by atoms with Crippen LogP contribution in [0.15, 0.2) is 0 Å². The fraction of sp³-hybridized carbons (Fsp3) is 1.00. The molecular weight excluding hydrogens is 103 g/mol. The Morgan fingerprint density at radius 2 is 2.80 bits per heavy atom. The molecule has 1 aliphatic rings. The van der Waals surface area contributed by atoms with Crippen LogP contribution < -0.4 is 0 Å². The van der Waals surface area contributed by atoms with Gasteiger partial charge in [-0.3, -0.25) is 0 Å². The van der Waals surface area contributed by atoms with Crippen molar-refractivity contribution < 1.29 is 4.52 Å². The SMILES string of the molecule is C1CSPO1. The maximum Gasteiger partial charge on any atom is 0.0745 e. The number of hydrogen-bond donors (Lipinski definition) is 0. The molecule has 0 aromatic rings. The molecule has 1 unspecified atom stereocenters. The van der Waals surface area contributed by atoms with Crippen LogP contribution in [0.25, 0.3) is 0 Å². The van der Waals surface area contributed by atoms with Gasteiger partial charge in [0.05, 0.1) is 14.6 Å². The molecule has 1 atom stereocenters. The summed E-state index contributed by atoms with van der Waals surface area (Å²) in [6.07, 6.45) is 0. The zero-order valence-electron chi connectivity index (χ0n) is 2.73. The molecule has 0 radical (unpaired) electrons. The van der Waals surface area contributed by atoms with Gasteiger partial charge in [0.1, 0.15) is 0 Å². The van der Waals surface area contributed by atoms with E-state index in [1.165, 1.54) is 5.75 Å². The molecule has 3 heteroatoms. The van der Waals surface area contributed by atoms with Gasteiger partial charge in [-0.25, -0.2) is 0 Å². The van der Waals surface area contributed by atoms with E-state index in [-0.39, 0.29) is 0 Å². The Morgan fingerprint density at radius 3 is 3.00 bits per heavy atom. The Morgan fingerprint density at radius 1 is 1.80 bits per heavy atom. The van der Waals surface area contributed by atoms with E-state index in [1.807, 2.05) is 11.4 Å². The maximum atomic E-state index is 4.94. The molecule has 5 heavy (non-hydrogen) atoms. The van der Waals surface area contributed by atoms with Crippen molar-refractivity contribution >= 4 is 19.4 Å². The molecule has 1 nitrogen and oxygen atoms in total. The van der Waals surface area contributed by atoms with Gasteiger partial charge in [0.15, 0.2) is 0 Å². The molecule has 1 saturated heterocycles. The third-order valence-electron chi connectivity index (χ3n) is 0.405. The largest absolute Gasteiger partial charge is 0.351 e. The van der Waals surface area contributed by atoms with Gasteiger partial charge >= 0.3 is 0 Å². The van der Waals surface area contributed by atoms with Gasteiger partial charge < -0.3 is 4.52 Å². The van der Waals surface area contributed by atoms with Crippen LogP contribution in [0.3, 0.4) is 0 Å². The summed E-state index contributed by atoms with van der Waals surface area (Å²) in [5.74, 6) is 1.21. The topological polar surface area (TPSA) is 9.23 Å². The fourth-order valence-electron chi connectivity index (χ4n) is 0.208. The smallest absolute Gasteiger partial charge is 0.0745 e. The van der Waals surface area contributed by atoms with Crippen molar-refractivity contribution in [3.8, 4) is 0 Å². The standard InChI is InChI=1S/C2H5OPS/c1-2-5-4-3-1/h4H,1-2H2. The van der Waals surface area contributed by atoms with Gasteiger partial charge in [-0.2, -0.15) is 0 Å². The van der Waals surface area contributed by atoms with E-state index in [0.29, 0.717) is 0 Å². The molecule has 0 spiro atoms. The minimum atomic E-state index is 0.725. The minimum absolute atomic E-state index is 0.725. The second-order valence-corrected chi connectivity index (χ2v) is 3.30. The summed E-state index contributed by atoms with van der Waals surface area (Å²) in [7, 11) is 0.725. The minimum Gasteiger partial charge on any atom is -0.351 e. The molecule has 0 N–H and O–H groups in total. The van der Waals surface area contributed by atoms with Crippen molar-refractivity contribution in [2.75, 3.05) is 12.4 Å². The summed E-state index contributed by atoms with van der Waals surface area (Å²) in [5, 5.41) is 0. The summed E-state index contributed by atoms with van der Waals surface area (Å²) >= 11 is 1.88. The van der Waals surface area contributed by atoms with Crippen molar-refractivity contribution in [3.05, 3.63) is 0 Å². The van der Waals surface area contributed by atoms with Gasteiger partial charge in [0, 0.05) is 5.75 Å². The summed E-state index contributed by atoms with van der Waals surface area (Å²) in [6.45, 7) is 0.975. The predicted molar refractivity (Wildman–Crippen MR) is 26.7 cm³/mol. The molecule has 1 rings (SSSR count). The Bertz CT molecular complexity index is 21.2. The lowest BCUT2D eigenvalue weighted by Gasteiger charge is -1.74. The lowest BCUT2D eigenvalue weighted by molar-refractivity contribution is 0.409. The Balaban J connectivity index is 2.08. The molecular formula is C2H5OPS. The fourth-order valence-corrected chi connectivity index (χ4v) is 1.88. The van der Waals surface area contributed by atoms with Crippen LogP contribution in [0.4, 0.5) is 0 Å². The van der Waals surface area contributed by atoms with Gasteiger partial charge in [-0.1, -0.05) is 0 Å². The quantitative estimate of drug-likeness (QED) is 0.432. The zero-order valence-corrected chi connectivity index (χ0v) is 4.55. The summed E-state index contributed by atoms with van der Waals surface area (Å²) in [5.41, 5.74) is 0. The van der Waals surface area contributed by atoms with Crippen LogP contribution in [-0.4, -0.2) is 12.4 Å². The van der Waals surface area contributed by atoms with E-state index in [0.717, 1.165) is 14.6 Å².